The van der Waals surface area contributed by atoms with Gasteiger partial charge in [0.05, 0.1) is 5.56 Å². The van der Waals surface area contributed by atoms with Crippen molar-refractivity contribution in [3.05, 3.63) is 59.9 Å². The standard InChI is InChI=1S/C12H8F2N2O/c13-9-4-10(14)6-11(5-9)16-12(17)8-2-1-3-15-7-8/h1-7H,(H,16,17). The molecule has 5 heteroatoms. The molecule has 0 aliphatic rings. The van der Waals surface area contributed by atoms with Gasteiger partial charge < -0.3 is 5.32 Å². The molecule has 0 aliphatic heterocycles. The summed E-state index contributed by atoms with van der Waals surface area (Å²) in [7, 11) is 0. The molecule has 1 heterocycles. The Morgan fingerprint density at radius 2 is 1.88 bits per heavy atom. The van der Waals surface area contributed by atoms with Gasteiger partial charge in [0.25, 0.3) is 5.91 Å². The van der Waals surface area contributed by atoms with Crippen LogP contribution in [-0.2, 0) is 0 Å². The Bertz CT molecular complexity index is 523. The number of amides is 1. The van der Waals surface area contributed by atoms with Crippen molar-refractivity contribution in [2.45, 2.75) is 0 Å². The van der Waals surface area contributed by atoms with Crippen LogP contribution in [0.5, 0.6) is 0 Å². The van der Waals surface area contributed by atoms with Crippen LogP contribution >= 0.6 is 0 Å². The van der Waals surface area contributed by atoms with Gasteiger partial charge in [-0.1, -0.05) is 0 Å². The fourth-order valence-electron chi connectivity index (χ4n) is 1.33. The van der Waals surface area contributed by atoms with Gasteiger partial charge in [0.2, 0.25) is 0 Å². The molecule has 1 aromatic heterocycles. The van der Waals surface area contributed by atoms with Gasteiger partial charge in [0.1, 0.15) is 11.6 Å². The molecule has 0 spiro atoms. The molecule has 0 atom stereocenters. The third-order valence-electron chi connectivity index (χ3n) is 2.04. The quantitative estimate of drug-likeness (QED) is 0.867. The highest BCUT2D eigenvalue weighted by molar-refractivity contribution is 6.03. The first-order valence-electron chi connectivity index (χ1n) is 4.82. The van der Waals surface area contributed by atoms with Crippen LogP contribution in [0.1, 0.15) is 10.4 Å². The van der Waals surface area contributed by atoms with E-state index in [1.807, 2.05) is 0 Å². The molecular formula is C12H8F2N2O. The highest BCUT2D eigenvalue weighted by atomic mass is 19.1. The Kier molecular flexibility index (Phi) is 3.09. The van der Waals surface area contributed by atoms with Crippen LogP contribution in [0, 0.1) is 11.6 Å². The summed E-state index contributed by atoms with van der Waals surface area (Å²) < 4.78 is 25.8. The van der Waals surface area contributed by atoms with Crippen LogP contribution in [0.15, 0.2) is 42.7 Å². The second kappa shape index (κ2) is 4.69. The van der Waals surface area contributed by atoms with Crippen LogP contribution in [-0.4, -0.2) is 10.9 Å². The van der Waals surface area contributed by atoms with E-state index in [9.17, 15) is 13.6 Å². The van der Waals surface area contributed by atoms with Gasteiger partial charge >= 0.3 is 0 Å². The van der Waals surface area contributed by atoms with Crippen molar-refractivity contribution < 1.29 is 13.6 Å². The van der Waals surface area contributed by atoms with Gasteiger partial charge in [-0.3, -0.25) is 9.78 Å². The number of pyridine rings is 1. The zero-order valence-corrected chi connectivity index (χ0v) is 8.65. The molecule has 2 rings (SSSR count). The molecule has 0 bridgehead atoms. The number of anilines is 1. The summed E-state index contributed by atoms with van der Waals surface area (Å²) >= 11 is 0. The summed E-state index contributed by atoms with van der Waals surface area (Å²) in [5.74, 6) is -1.96. The van der Waals surface area contributed by atoms with Crippen molar-refractivity contribution >= 4 is 11.6 Å². The van der Waals surface area contributed by atoms with Gasteiger partial charge in [0.15, 0.2) is 0 Å². The van der Waals surface area contributed by atoms with Crippen LogP contribution in [0.3, 0.4) is 0 Å². The predicted octanol–water partition coefficient (Wildman–Crippen LogP) is 2.61. The molecule has 0 fully saturated rings. The predicted molar refractivity (Wildman–Crippen MR) is 58.5 cm³/mol. The number of carbonyl (C=O) groups is 1. The topological polar surface area (TPSA) is 42.0 Å². The first kappa shape index (κ1) is 11.2. The first-order chi connectivity index (χ1) is 8.15. The molecule has 1 aromatic carbocycles. The van der Waals surface area contributed by atoms with Gasteiger partial charge in [-0.05, 0) is 24.3 Å². The Balaban J connectivity index is 2.19. The summed E-state index contributed by atoms with van der Waals surface area (Å²) in [6, 6.07) is 5.97. The van der Waals surface area contributed by atoms with E-state index in [4.69, 9.17) is 0 Å². The van der Waals surface area contributed by atoms with Crippen molar-refractivity contribution in [2.24, 2.45) is 0 Å². The van der Waals surface area contributed by atoms with Crippen LogP contribution in [0.2, 0.25) is 0 Å². The van der Waals surface area contributed by atoms with Gasteiger partial charge in [-0.15, -0.1) is 0 Å². The van der Waals surface area contributed by atoms with Gasteiger partial charge in [-0.25, -0.2) is 8.78 Å². The number of benzene rings is 1. The Hall–Kier alpha value is -2.30. The number of carbonyl (C=O) groups excluding carboxylic acids is 1. The minimum atomic E-state index is -0.744. The average molecular weight is 234 g/mol. The third kappa shape index (κ3) is 2.84. The first-order valence-corrected chi connectivity index (χ1v) is 4.82. The van der Waals surface area contributed by atoms with Crippen LogP contribution in [0.25, 0.3) is 0 Å². The Labute approximate surface area is 96.1 Å². The number of nitrogens with one attached hydrogen (secondary N) is 1. The van der Waals surface area contributed by atoms with Crippen molar-refractivity contribution in [3.8, 4) is 0 Å². The molecule has 0 saturated heterocycles. The number of rotatable bonds is 2. The van der Waals surface area contributed by atoms with Crippen LogP contribution < -0.4 is 5.32 Å². The fraction of sp³-hybridized carbons (Fsp3) is 0. The van der Waals surface area contributed by atoms with E-state index in [1.54, 1.807) is 12.1 Å². The summed E-state index contributed by atoms with van der Waals surface area (Å²) in [6.07, 6.45) is 2.89. The molecule has 0 unspecified atom stereocenters. The molecule has 86 valence electrons. The molecule has 0 aliphatic carbocycles. The number of nitrogens with zero attached hydrogens (tertiary/aromatic N) is 1. The zero-order chi connectivity index (χ0) is 12.3. The van der Waals surface area contributed by atoms with Crippen molar-refractivity contribution in [1.82, 2.24) is 4.98 Å². The maximum atomic E-state index is 12.9. The van der Waals surface area contributed by atoms with Crippen molar-refractivity contribution in [1.29, 1.82) is 0 Å². The molecular weight excluding hydrogens is 226 g/mol. The van der Waals surface area contributed by atoms with Gasteiger partial charge in [0, 0.05) is 24.1 Å². The zero-order valence-electron chi connectivity index (χ0n) is 8.65. The Morgan fingerprint density at radius 3 is 2.47 bits per heavy atom. The maximum Gasteiger partial charge on any atom is 0.257 e. The van der Waals surface area contributed by atoms with Crippen LogP contribution in [0.4, 0.5) is 14.5 Å². The number of aromatic nitrogens is 1. The lowest BCUT2D eigenvalue weighted by Crippen LogP contribution is -2.12. The Morgan fingerprint density at radius 1 is 1.18 bits per heavy atom. The third-order valence-corrected chi connectivity index (χ3v) is 2.04. The number of hydrogen-bond acceptors (Lipinski definition) is 2. The van der Waals surface area contributed by atoms with E-state index in [0.29, 0.717) is 5.56 Å². The second-order valence-corrected chi connectivity index (χ2v) is 3.35. The minimum absolute atomic E-state index is 0.0661. The van der Waals surface area contributed by atoms with E-state index >= 15 is 0 Å². The van der Waals surface area contributed by atoms with E-state index in [2.05, 4.69) is 10.3 Å². The summed E-state index contributed by atoms with van der Waals surface area (Å²) in [4.78, 5) is 15.4. The smallest absolute Gasteiger partial charge is 0.257 e. The molecule has 1 N–H and O–H groups in total. The molecule has 0 radical (unpaired) electrons. The highest BCUT2D eigenvalue weighted by Crippen LogP contribution is 2.13. The second-order valence-electron chi connectivity index (χ2n) is 3.35. The monoisotopic (exact) mass is 234 g/mol. The van der Waals surface area contributed by atoms with E-state index in [0.717, 1.165) is 18.2 Å². The molecule has 1 amide bonds. The molecule has 0 saturated carbocycles. The molecule has 3 nitrogen and oxygen atoms in total. The molecule has 17 heavy (non-hydrogen) atoms. The number of halogens is 2. The summed E-state index contributed by atoms with van der Waals surface area (Å²) in [6.45, 7) is 0. The maximum absolute atomic E-state index is 12.9. The minimum Gasteiger partial charge on any atom is -0.322 e. The van der Waals surface area contributed by atoms with E-state index in [1.165, 1.54) is 12.4 Å². The molecule has 2 aromatic rings. The van der Waals surface area contributed by atoms with E-state index < -0.39 is 17.5 Å². The summed E-state index contributed by atoms with van der Waals surface area (Å²) in [5, 5.41) is 2.38. The number of hydrogen-bond donors (Lipinski definition) is 1. The normalized spacial score (nSPS) is 10.0. The largest absolute Gasteiger partial charge is 0.322 e. The lowest BCUT2D eigenvalue weighted by Gasteiger charge is -2.05. The van der Waals surface area contributed by atoms with Crippen molar-refractivity contribution in [3.63, 3.8) is 0 Å². The lowest BCUT2D eigenvalue weighted by molar-refractivity contribution is 0.102. The highest BCUT2D eigenvalue weighted by Gasteiger charge is 2.07. The van der Waals surface area contributed by atoms with Gasteiger partial charge in [-0.2, -0.15) is 0 Å². The van der Waals surface area contributed by atoms with Crippen molar-refractivity contribution in [2.75, 3.05) is 5.32 Å². The van der Waals surface area contributed by atoms with E-state index in [-0.39, 0.29) is 5.69 Å². The fourth-order valence-corrected chi connectivity index (χ4v) is 1.33. The summed E-state index contributed by atoms with van der Waals surface area (Å²) in [5.41, 5.74) is 0.383. The average Bonchev–Trinajstić information content (AvgIpc) is 2.28. The SMILES string of the molecule is O=C(Nc1cc(F)cc(F)c1)c1cccnc1. The lowest BCUT2D eigenvalue weighted by atomic mass is 10.2.